The molecule has 0 atom stereocenters. The van der Waals surface area contributed by atoms with Crippen LogP contribution in [0.25, 0.3) is 16.9 Å². The first-order chi connectivity index (χ1) is 29.6. The van der Waals surface area contributed by atoms with Crippen LogP contribution in [-0.4, -0.2) is 105 Å². The molecule has 15 nitrogen and oxygen atoms in total. The number of pyridine rings is 1. The van der Waals surface area contributed by atoms with Crippen molar-refractivity contribution in [2.75, 3.05) is 61.4 Å². The van der Waals surface area contributed by atoms with Crippen molar-refractivity contribution in [1.82, 2.24) is 34.7 Å². The molecule has 4 aliphatic heterocycles. The SMILES string of the molecule is CNc1cc(N2CCc3c(-c4ccc(CN5CCC6(CCN(C(=O)c7cc(F)c(Cl)c(N8CCC(=O)NC8=O)c7)CC6)C(F)(F)C5)cn4)cc(F)cc32)nn2c(C(N)=O)cnc12. The standard InChI is InChI=1S/C42H40ClF4N11O4/c1-49-30-18-34(53-58-33(37(48)60)20-51-38(30)58)56-9-4-26-27(16-25(44)17-31(26)56)29-3-2-23(19-50-29)21-54-11-6-41(42(46,47)22-54)7-12-55(13-8-41)39(61)24-14-28(45)36(43)32(15-24)57-10-5-35(59)52-40(57)62/h2-3,14-20,49H,4-13,21-22H2,1H3,(H2,48,60)(H,52,59,62). The zero-order valence-corrected chi connectivity index (χ0v) is 34.1. The number of nitrogens with one attached hydrogen (secondary N) is 2. The minimum atomic E-state index is -3.08. The zero-order chi connectivity index (χ0) is 43.7. The van der Waals surface area contributed by atoms with E-state index in [1.807, 2.05) is 4.90 Å². The summed E-state index contributed by atoms with van der Waals surface area (Å²) in [4.78, 5) is 64.7. The lowest BCUT2D eigenvalue weighted by molar-refractivity contribution is -0.186. The highest BCUT2D eigenvalue weighted by molar-refractivity contribution is 6.34. The van der Waals surface area contributed by atoms with Crippen LogP contribution in [0.15, 0.2) is 54.9 Å². The third kappa shape index (κ3) is 7.11. The lowest BCUT2D eigenvalue weighted by Crippen LogP contribution is -2.59. The molecule has 5 aromatic rings. The minimum Gasteiger partial charge on any atom is -0.385 e. The largest absolute Gasteiger partial charge is 0.385 e. The summed E-state index contributed by atoms with van der Waals surface area (Å²) in [6, 6.07) is 9.64. The molecule has 3 saturated heterocycles. The lowest BCUT2D eigenvalue weighted by atomic mass is 9.68. The van der Waals surface area contributed by atoms with E-state index in [0.717, 1.165) is 16.5 Å². The van der Waals surface area contributed by atoms with Crippen molar-refractivity contribution in [1.29, 1.82) is 0 Å². The summed E-state index contributed by atoms with van der Waals surface area (Å²) in [7, 11) is 1.71. The van der Waals surface area contributed by atoms with Gasteiger partial charge < -0.3 is 20.9 Å². The minimum absolute atomic E-state index is 0.0309. The number of benzene rings is 2. The van der Waals surface area contributed by atoms with Gasteiger partial charge in [-0.2, -0.15) is 0 Å². The maximum atomic E-state index is 16.2. The summed E-state index contributed by atoms with van der Waals surface area (Å²) in [6.07, 6.45) is 3.78. The van der Waals surface area contributed by atoms with Gasteiger partial charge in [0, 0.05) is 80.7 Å². The first kappa shape index (κ1) is 41.0. The van der Waals surface area contributed by atoms with Crippen molar-refractivity contribution >= 4 is 63.9 Å². The van der Waals surface area contributed by atoms with E-state index in [-0.39, 0.29) is 73.8 Å². The van der Waals surface area contributed by atoms with E-state index >= 15 is 13.2 Å². The molecule has 4 aliphatic rings. The molecule has 1 spiro atoms. The first-order valence-corrected chi connectivity index (χ1v) is 20.4. The molecule has 9 rings (SSSR count). The summed E-state index contributed by atoms with van der Waals surface area (Å²) in [5.41, 5.74) is 8.46. The predicted molar refractivity (Wildman–Crippen MR) is 221 cm³/mol. The number of aromatic nitrogens is 4. The number of anilines is 4. The fraction of sp³-hybridized carbons (Fsp3) is 0.357. The Labute approximate surface area is 356 Å². The average Bonchev–Trinajstić information content (AvgIpc) is 3.88. The predicted octanol–water partition coefficient (Wildman–Crippen LogP) is 5.77. The van der Waals surface area contributed by atoms with Gasteiger partial charge >= 0.3 is 6.03 Å². The number of imidazole rings is 1. The van der Waals surface area contributed by atoms with E-state index < -0.39 is 53.3 Å². The molecule has 0 radical (unpaired) electrons. The molecule has 3 fully saturated rings. The summed E-state index contributed by atoms with van der Waals surface area (Å²) in [5.74, 6) is -5.79. The zero-order valence-electron chi connectivity index (χ0n) is 33.4. The van der Waals surface area contributed by atoms with Crippen molar-refractivity contribution in [3.05, 3.63) is 93.9 Å². The van der Waals surface area contributed by atoms with Crippen molar-refractivity contribution in [3.8, 4) is 11.3 Å². The van der Waals surface area contributed by atoms with Crippen LogP contribution in [0.3, 0.4) is 0 Å². The summed E-state index contributed by atoms with van der Waals surface area (Å²) in [6.45, 7) is 0.600. The molecule has 2 aromatic carbocycles. The van der Waals surface area contributed by atoms with Gasteiger partial charge in [-0.05, 0) is 73.7 Å². The average molecular weight is 874 g/mol. The Hall–Kier alpha value is -6.34. The lowest BCUT2D eigenvalue weighted by Gasteiger charge is -2.51. The number of fused-ring (bicyclic) bond motifs is 2. The number of imide groups is 1. The molecular weight excluding hydrogens is 834 g/mol. The highest BCUT2D eigenvalue weighted by atomic mass is 35.5. The van der Waals surface area contributed by atoms with Gasteiger partial charge in [-0.25, -0.2) is 31.9 Å². The van der Waals surface area contributed by atoms with E-state index in [4.69, 9.17) is 17.3 Å². The van der Waals surface area contributed by atoms with Gasteiger partial charge in [-0.15, -0.1) is 5.10 Å². The Morgan fingerprint density at radius 1 is 0.919 bits per heavy atom. The third-order valence-electron chi connectivity index (χ3n) is 12.5. The molecule has 0 bridgehead atoms. The number of alkyl halides is 2. The molecule has 20 heteroatoms. The van der Waals surface area contributed by atoms with Crippen molar-refractivity contribution in [2.24, 2.45) is 11.1 Å². The van der Waals surface area contributed by atoms with Crippen molar-refractivity contribution in [2.45, 2.75) is 44.6 Å². The van der Waals surface area contributed by atoms with Gasteiger partial charge in [-0.1, -0.05) is 17.7 Å². The number of carbonyl (C=O) groups is 4. The number of piperidine rings is 2. The van der Waals surface area contributed by atoms with Crippen LogP contribution in [0.5, 0.6) is 0 Å². The van der Waals surface area contributed by atoms with Crippen LogP contribution in [-0.2, 0) is 17.8 Å². The Bertz CT molecular complexity index is 2670. The first-order valence-electron chi connectivity index (χ1n) is 20.1. The topological polar surface area (TPSA) is 174 Å². The molecular formula is C42H40ClF4N11O4. The van der Waals surface area contributed by atoms with Crippen molar-refractivity contribution < 1.29 is 36.7 Å². The maximum Gasteiger partial charge on any atom is 0.328 e. The van der Waals surface area contributed by atoms with Gasteiger partial charge in [0.15, 0.2) is 11.5 Å². The number of nitrogens with two attached hydrogens (primary N) is 1. The molecule has 5 amide bonds. The fourth-order valence-corrected chi connectivity index (χ4v) is 9.36. The Morgan fingerprint density at radius 3 is 2.37 bits per heavy atom. The number of primary amides is 1. The number of rotatable bonds is 8. The normalized spacial score (nSPS) is 18.6. The summed E-state index contributed by atoms with van der Waals surface area (Å²) in [5, 5.41) is 9.45. The van der Waals surface area contributed by atoms with Crippen LogP contribution >= 0.6 is 11.6 Å². The molecule has 0 unspecified atom stereocenters. The second-order valence-electron chi connectivity index (χ2n) is 16.1. The van der Waals surface area contributed by atoms with Crippen LogP contribution in [0, 0.1) is 17.0 Å². The number of nitrogens with zero attached hydrogens (tertiary/aromatic N) is 8. The molecule has 3 aromatic heterocycles. The number of likely N-dealkylation sites (tertiary alicyclic amines) is 2. The molecule has 0 saturated carbocycles. The van der Waals surface area contributed by atoms with E-state index in [9.17, 15) is 23.6 Å². The quantitative estimate of drug-likeness (QED) is 0.163. The van der Waals surface area contributed by atoms with Gasteiger partial charge in [-0.3, -0.25) is 34.5 Å². The second-order valence-corrected chi connectivity index (χ2v) is 16.5. The number of hydrogen-bond acceptors (Lipinski definition) is 10. The van der Waals surface area contributed by atoms with E-state index in [1.54, 1.807) is 36.3 Å². The number of halogens is 5. The van der Waals surface area contributed by atoms with Crippen molar-refractivity contribution in [3.63, 3.8) is 0 Å². The van der Waals surface area contributed by atoms with E-state index in [0.29, 0.717) is 59.2 Å². The smallest absolute Gasteiger partial charge is 0.328 e. The monoisotopic (exact) mass is 873 g/mol. The van der Waals surface area contributed by atoms with E-state index in [1.165, 1.54) is 33.8 Å². The second kappa shape index (κ2) is 15.5. The number of carbonyl (C=O) groups excluding carboxylic acids is 4. The van der Waals surface area contributed by atoms with Crippen LogP contribution in [0.4, 0.5) is 45.2 Å². The fourth-order valence-electron chi connectivity index (χ4n) is 9.15. The van der Waals surface area contributed by atoms with Gasteiger partial charge in [0.25, 0.3) is 17.7 Å². The maximum absolute atomic E-state index is 16.2. The Morgan fingerprint density at radius 2 is 1.68 bits per heavy atom. The summed E-state index contributed by atoms with van der Waals surface area (Å²) >= 11 is 6.16. The Kier molecular flexibility index (Phi) is 10.3. The highest BCUT2D eigenvalue weighted by Gasteiger charge is 2.57. The number of urea groups is 1. The van der Waals surface area contributed by atoms with Gasteiger partial charge in [0.2, 0.25) is 5.91 Å². The van der Waals surface area contributed by atoms with E-state index in [2.05, 4.69) is 25.7 Å². The molecule has 7 heterocycles. The van der Waals surface area contributed by atoms with Crippen LogP contribution in [0.1, 0.15) is 57.7 Å². The number of amides is 5. The van der Waals surface area contributed by atoms with Gasteiger partial charge in [0.1, 0.15) is 22.4 Å². The third-order valence-corrected chi connectivity index (χ3v) is 12.9. The van der Waals surface area contributed by atoms with Crippen LogP contribution in [0.2, 0.25) is 5.02 Å². The number of hydrogen-bond donors (Lipinski definition) is 3. The molecule has 0 aliphatic carbocycles. The summed E-state index contributed by atoms with van der Waals surface area (Å²) < 4.78 is 63.9. The molecule has 4 N–H and O–H groups in total. The van der Waals surface area contributed by atoms with Gasteiger partial charge in [0.05, 0.1) is 29.8 Å². The van der Waals surface area contributed by atoms with Crippen LogP contribution < -0.4 is 26.2 Å². The molecule has 62 heavy (non-hydrogen) atoms. The molecule has 322 valence electrons. The highest BCUT2D eigenvalue weighted by Crippen LogP contribution is 2.51. The Balaban J connectivity index is 0.856.